The molecule has 0 amide bonds. The number of hydrogen-bond acceptors (Lipinski definition) is 4. The lowest BCUT2D eigenvalue weighted by molar-refractivity contribution is 0.103. The van der Waals surface area contributed by atoms with Crippen LogP contribution in [0.15, 0.2) is 27.8 Å². The quantitative estimate of drug-likeness (QED) is 0.334. The van der Waals surface area contributed by atoms with Crippen LogP contribution < -0.4 is 10.6 Å². The topological polar surface area (TPSA) is 82.1 Å². The Labute approximate surface area is 120 Å². The first-order valence-corrected chi connectivity index (χ1v) is 7.02. The number of rotatable bonds is 2. The summed E-state index contributed by atoms with van der Waals surface area (Å²) in [5.41, 5.74) is 7.23. The summed E-state index contributed by atoms with van der Waals surface area (Å²) >= 11 is 3.50. The van der Waals surface area contributed by atoms with Crippen LogP contribution in [0, 0.1) is 5.92 Å². The molecule has 19 heavy (non-hydrogen) atoms. The Morgan fingerprint density at radius 3 is 2.84 bits per heavy atom. The highest BCUT2D eigenvalue weighted by Gasteiger charge is 2.25. The first-order valence-electron chi connectivity index (χ1n) is 6.23. The highest BCUT2D eigenvalue weighted by molar-refractivity contribution is 9.10. The van der Waals surface area contributed by atoms with Gasteiger partial charge in [-0.3, -0.25) is 0 Å². The Balaban J connectivity index is 2.22. The van der Waals surface area contributed by atoms with E-state index >= 15 is 0 Å². The first kappa shape index (κ1) is 14.1. The molecule has 0 spiro atoms. The third kappa shape index (κ3) is 3.01. The molecular weight excluding hydrogens is 310 g/mol. The molecule has 0 radical (unpaired) electrons. The maximum absolute atomic E-state index is 9.95. The standard InChI is InChI=1S/C13H18BrN3O2/c1-8-4-5-17(7-12(8)18)11-3-2-9(6-10(11)14)13(15)16-19/h2-3,6,8,12,18-19H,4-5,7H2,1H3,(H2,15,16). The molecule has 1 aromatic rings. The third-order valence-corrected chi connectivity index (χ3v) is 4.25. The molecule has 1 aliphatic rings. The van der Waals surface area contributed by atoms with Gasteiger partial charge in [0.05, 0.1) is 11.8 Å². The van der Waals surface area contributed by atoms with Gasteiger partial charge in [0.25, 0.3) is 0 Å². The van der Waals surface area contributed by atoms with Crippen LogP contribution in [-0.2, 0) is 0 Å². The number of β-amino-alcohol motifs (C(OH)–C–C–N with tert-alkyl or cyclic N) is 1. The number of piperidine rings is 1. The molecule has 1 aromatic carbocycles. The molecule has 2 rings (SSSR count). The highest BCUT2D eigenvalue weighted by atomic mass is 79.9. The van der Waals surface area contributed by atoms with Crippen LogP contribution in [0.2, 0.25) is 0 Å². The summed E-state index contributed by atoms with van der Waals surface area (Å²) in [5.74, 6) is 0.422. The van der Waals surface area contributed by atoms with Crippen molar-refractivity contribution >= 4 is 27.5 Å². The molecule has 0 saturated carbocycles. The van der Waals surface area contributed by atoms with Gasteiger partial charge in [-0.15, -0.1) is 0 Å². The molecule has 104 valence electrons. The number of nitrogens with zero attached hydrogens (tertiary/aromatic N) is 2. The summed E-state index contributed by atoms with van der Waals surface area (Å²) < 4.78 is 0.873. The van der Waals surface area contributed by atoms with E-state index in [-0.39, 0.29) is 11.9 Å². The predicted molar refractivity (Wildman–Crippen MR) is 78.7 cm³/mol. The summed E-state index contributed by atoms with van der Waals surface area (Å²) in [6.07, 6.45) is 0.666. The fourth-order valence-corrected chi connectivity index (χ4v) is 2.88. The third-order valence-electron chi connectivity index (χ3n) is 3.61. The molecule has 2 unspecified atom stereocenters. The van der Waals surface area contributed by atoms with Crippen LogP contribution in [0.4, 0.5) is 5.69 Å². The van der Waals surface area contributed by atoms with Crippen molar-refractivity contribution < 1.29 is 10.3 Å². The van der Waals surface area contributed by atoms with Gasteiger partial charge >= 0.3 is 0 Å². The van der Waals surface area contributed by atoms with E-state index in [0.29, 0.717) is 18.0 Å². The van der Waals surface area contributed by atoms with Gasteiger partial charge in [-0.25, -0.2) is 0 Å². The molecule has 0 aliphatic carbocycles. The molecule has 1 aliphatic heterocycles. The molecule has 1 fully saturated rings. The van der Waals surface area contributed by atoms with Gasteiger partial charge in [0, 0.05) is 23.1 Å². The smallest absolute Gasteiger partial charge is 0.170 e. The number of aliphatic hydroxyl groups excluding tert-OH is 1. The van der Waals surface area contributed by atoms with Gasteiger partial charge in [0.2, 0.25) is 0 Å². The van der Waals surface area contributed by atoms with Gasteiger partial charge in [0.15, 0.2) is 5.84 Å². The number of nitrogens with two attached hydrogens (primary N) is 1. The number of hydrogen-bond donors (Lipinski definition) is 3. The monoisotopic (exact) mass is 327 g/mol. The molecule has 5 nitrogen and oxygen atoms in total. The van der Waals surface area contributed by atoms with Crippen molar-refractivity contribution in [1.29, 1.82) is 0 Å². The largest absolute Gasteiger partial charge is 0.409 e. The van der Waals surface area contributed by atoms with Gasteiger partial charge in [-0.05, 0) is 46.5 Å². The summed E-state index contributed by atoms with van der Waals surface area (Å²) in [6.45, 7) is 3.61. The van der Waals surface area contributed by atoms with E-state index in [2.05, 4.69) is 32.9 Å². The molecule has 0 aromatic heterocycles. The van der Waals surface area contributed by atoms with Gasteiger partial charge in [-0.2, -0.15) is 0 Å². The van der Waals surface area contributed by atoms with Crippen LogP contribution >= 0.6 is 15.9 Å². The Kier molecular flexibility index (Phi) is 4.31. The Morgan fingerprint density at radius 1 is 1.53 bits per heavy atom. The SMILES string of the molecule is CC1CCN(c2ccc(/C(N)=N/O)cc2Br)CC1O. The van der Waals surface area contributed by atoms with Gasteiger partial charge in [-0.1, -0.05) is 12.1 Å². The van der Waals surface area contributed by atoms with Crippen molar-refractivity contribution in [2.24, 2.45) is 16.8 Å². The average Bonchev–Trinajstić information content (AvgIpc) is 2.41. The van der Waals surface area contributed by atoms with Crippen molar-refractivity contribution in [2.75, 3.05) is 18.0 Å². The molecule has 6 heteroatoms. The van der Waals surface area contributed by atoms with Crippen LogP contribution in [0.1, 0.15) is 18.9 Å². The first-order chi connectivity index (χ1) is 9.02. The lowest BCUT2D eigenvalue weighted by Crippen LogP contribution is -2.43. The van der Waals surface area contributed by atoms with E-state index in [1.54, 1.807) is 6.07 Å². The molecule has 1 heterocycles. The zero-order valence-electron chi connectivity index (χ0n) is 10.8. The minimum atomic E-state index is -0.301. The molecular formula is C13H18BrN3O2. The summed E-state index contributed by atoms with van der Waals surface area (Å²) in [7, 11) is 0. The van der Waals surface area contributed by atoms with E-state index in [4.69, 9.17) is 10.9 Å². The van der Waals surface area contributed by atoms with Crippen molar-refractivity contribution in [3.63, 3.8) is 0 Å². The van der Waals surface area contributed by atoms with Crippen molar-refractivity contribution in [2.45, 2.75) is 19.4 Å². The molecule has 2 atom stereocenters. The van der Waals surface area contributed by atoms with E-state index in [0.717, 1.165) is 23.1 Å². The van der Waals surface area contributed by atoms with Crippen molar-refractivity contribution in [1.82, 2.24) is 0 Å². The maximum Gasteiger partial charge on any atom is 0.170 e. The number of anilines is 1. The Morgan fingerprint density at radius 2 is 2.26 bits per heavy atom. The number of oxime groups is 1. The van der Waals surface area contributed by atoms with Crippen LogP contribution in [0.25, 0.3) is 0 Å². The minimum Gasteiger partial charge on any atom is -0.409 e. The van der Waals surface area contributed by atoms with Gasteiger partial charge < -0.3 is 20.9 Å². The molecule has 1 saturated heterocycles. The minimum absolute atomic E-state index is 0.0829. The average molecular weight is 328 g/mol. The molecule has 0 bridgehead atoms. The lowest BCUT2D eigenvalue weighted by Gasteiger charge is -2.36. The number of aliphatic hydroxyl groups is 1. The number of benzene rings is 1. The highest BCUT2D eigenvalue weighted by Crippen LogP contribution is 2.30. The summed E-state index contributed by atoms with van der Waals surface area (Å²) in [4.78, 5) is 2.14. The summed E-state index contributed by atoms with van der Waals surface area (Å²) in [5, 5.41) is 21.6. The van der Waals surface area contributed by atoms with Crippen molar-refractivity contribution in [3.05, 3.63) is 28.2 Å². The van der Waals surface area contributed by atoms with Crippen LogP contribution in [0.5, 0.6) is 0 Å². The Bertz CT molecular complexity index is 493. The second kappa shape index (κ2) is 5.79. The zero-order chi connectivity index (χ0) is 14.0. The van der Waals surface area contributed by atoms with E-state index in [9.17, 15) is 5.11 Å². The van der Waals surface area contributed by atoms with Crippen LogP contribution in [0.3, 0.4) is 0 Å². The Hall–Kier alpha value is -1.27. The fourth-order valence-electron chi connectivity index (χ4n) is 2.25. The second-order valence-corrected chi connectivity index (χ2v) is 5.79. The van der Waals surface area contributed by atoms with Crippen molar-refractivity contribution in [3.8, 4) is 0 Å². The van der Waals surface area contributed by atoms with Gasteiger partial charge in [0.1, 0.15) is 0 Å². The lowest BCUT2D eigenvalue weighted by atomic mass is 9.95. The second-order valence-electron chi connectivity index (χ2n) is 4.93. The molecule has 4 N–H and O–H groups in total. The summed E-state index contributed by atoms with van der Waals surface area (Å²) in [6, 6.07) is 5.54. The number of halogens is 1. The van der Waals surface area contributed by atoms with E-state index in [1.165, 1.54) is 0 Å². The number of amidine groups is 1. The van der Waals surface area contributed by atoms with E-state index in [1.807, 2.05) is 12.1 Å². The fraction of sp³-hybridized carbons (Fsp3) is 0.462. The van der Waals surface area contributed by atoms with E-state index < -0.39 is 0 Å². The zero-order valence-corrected chi connectivity index (χ0v) is 12.3. The predicted octanol–water partition coefficient (Wildman–Crippen LogP) is 1.75. The van der Waals surface area contributed by atoms with Crippen LogP contribution in [-0.4, -0.2) is 35.3 Å². The maximum atomic E-state index is 9.95. The normalized spacial score (nSPS) is 24.6.